The van der Waals surface area contributed by atoms with Gasteiger partial charge in [-0.1, -0.05) is 13.8 Å². The highest BCUT2D eigenvalue weighted by Crippen LogP contribution is 2.17. The Labute approximate surface area is 115 Å². The van der Waals surface area contributed by atoms with Gasteiger partial charge in [0.2, 0.25) is 17.8 Å². The van der Waals surface area contributed by atoms with E-state index in [-0.39, 0.29) is 11.4 Å². The van der Waals surface area contributed by atoms with Crippen molar-refractivity contribution in [2.24, 2.45) is 5.41 Å². The van der Waals surface area contributed by atoms with Crippen LogP contribution in [0.3, 0.4) is 0 Å². The van der Waals surface area contributed by atoms with E-state index in [9.17, 15) is 0 Å². The number of hydrogen-bond donors (Lipinski definition) is 2. The van der Waals surface area contributed by atoms with E-state index in [1.54, 1.807) is 4.90 Å². The van der Waals surface area contributed by atoms with Gasteiger partial charge in [0, 0.05) is 27.2 Å². The van der Waals surface area contributed by atoms with E-state index in [0.29, 0.717) is 11.9 Å². The third-order valence-corrected chi connectivity index (χ3v) is 2.51. The summed E-state index contributed by atoms with van der Waals surface area (Å²) in [6.07, 6.45) is 0. The molecule has 19 heavy (non-hydrogen) atoms. The van der Waals surface area contributed by atoms with E-state index >= 15 is 0 Å². The van der Waals surface area contributed by atoms with Gasteiger partial charge in [-0.15, -0.1) is 0 Å². The molecule has 0 aromatic carbocycles. The summed E-state index contributed by atoms with van der Waals surface area (Å²) < 4.78 is 0. The van der Waals surface area contributed by atoms with Gasteiger partial charge in [-0.3, -0.25) is 0 Å². The van der Waals surface area contributed by atoms with Crippen molar-refractivity contribution in [2.45, 2.75) is 13.8 Å². The molecule has 0 atom stereocenters. The Bertz CT molecular complexity index is 415. The van der Waals surface area contributed by atoms with E-state index in [0.717, 1.165) is 13.1 Å². The third-order valence-electron chi connectivity index (χ3n) is 2.51. The molecule has 0 saturated carbocycles. The van der Waals surface area contributed by atoms with Crippen molar-refractivity contribution < 1.29 is 0 Å². The van der Waals surface area contributed by atoms with Crippen molar-refractivity contribution in [1.82, 2.24) is 19.9 Å². The molecule has 1 rings (SSSR count). The normalized spacial score (nSPS) is 11.7. The van der Waals surface area contributed by atoms with Crippen molar-refractivity contribution in [1.29, 1.82) is 0 Å². The van der Waals surface area contributed by atoms with Gasteiger partial charge in [0.15, 0.2) is 0 Å². The van der Waals surface area contributed by atoms with Crippen LogP contribution in [-0.2, 0) is 0 Å². The molecular formula is C12H25N7. The van der Waals surface area contributed by atoms with Crippen molar-refractivity contribution >= 4 is 17.8 Å². The summed E-state index contributed by atoms with van der Waals surface area (Å²) in [5, 5.41) is 3.23. The molecule has 0 amide bonds. The maximum Gasteiger partial charge on any atom is 0.231 e. The number of nitrogens with zero attached hydrogens (tertiary/aromatic N) is 5. The van der Waals surface area contributed by atoms with Gasteiger partial charge in [0.1, 0.15) is 0 Å². The van der Waals surface area contributed by atoms with Gasteiger partial charge in [-0.25, -0.2) is 0 Å². The summed E-state index contributed by atoms with van der Waals surface area (Å²) in [5.74, 6) is 1.30. The van der Waals surface area contributed by atoms with Crippen LogP contribution in [0.1, 0.15) is 13.8 Å². The van der Waals surface area contributed by atoms with Crippen LogP contribution in [0.4, 0.5) is 17.8 Å². The van der Waals surface area contributed by atoms with Gasteiger partial charge in [-0.05, 0) is 19.5 Å². The van der Waals surface area contributed by atoms with E-state index in [2.05, 4.69) is 53.1 Å². The fourth-order valence-electron chi connectivity index (χ4n) is 1.89. The molecule has 0 radical (unpaired) electrons. The zero-order chi connectivity index (χ0) is 14.6. The Morgan fingerprint density at radius 2 is 1.74 bits per heavy atom. The van der Waals surface area contributed by atoms with Gasteiger partial charge < -0.3 is 20.9 Å². The first-order chi connectivity index (χ1) is 8.69. The molecule has 0 unspecified atom stereocenters. The molecule has 1 heterocycles. The average Bonchev–Trinajstić information content (AvgIpc) is 2.24. The highest BCUT2D eigenvalue weighted by molar-refractivity contribution is 5.40. The number of nitrogens with one attached hydrogen (secondary N) is 1. The monoisotopic (exact) mass is 267 g/mol. The second-order valence-corrected chi connectivity index (χ2v) is 5.97. The fourth-order valence-corrected chi connectivity index (χ4v) is 1.89. The summed E-state index contributed by atoms with van der Waals surface area (Å²) in [7, 11) is 7.86. The van der Waals surface area contributed by atoms with Crippen molar-refractivity contribution in [3.63, 3.8) is 0 Å². The van der Waals surface area contributed by atoms with E-state index in [1.807, 2.05) is 14.1 Å². The lowest BCUT2D eigenvalue weighted by molar-refractivity contribution is 0.254. The van der Waals surface area contributed by atoms with Gasteiger partial charge >= 0.3 is 0 Å². The molecule has 1 aromatic heterocycles. The Morgan fingerprint density at radius 1 is 1.11 bits per heavy atom. The Hall–Kier alpha value is -1.63. The molecule has 0 spiro atoms. The molecule has 1 aromatic rings. The van der Waals surface area contributed by atoms with Crippen LogP contribution in [-0.4, -0.2) is 61.1 Å². The SMILES string of the molecule is CN(C)CC(C)(C)CNc1nc(N)nc(N(C)C)n1. The van der Waals surface area contributed by atoms with Gasteiger partial charge in [0.05, 0.1) is 0 Å². The summed E-state index contributed by atoms with van der Waals surface area (Å²) in [4.78, 5) is 16.4. The minimum absolute atomic E-state index is 0.114. The van der Waals surface area contributed by atoms with Crippen LogP contribution < -0.4 is 16.0 Å². The quantitative estimate of drug-likeness (QED) is 0.777. The maximum atomic E-state index is 5.68. The van der Waals surface area contributed by atoms with Crippen LogP contribution in [0.15, 0.2) is 0 Å². The predicted octanol–water partition coefficient (Wildman–Crippen LogP) is 0.520. The lowest BCUT2D eigenvalue weighted by Gasteiger charge is -2.28. The van der Waals surface area contributed by atoms with Gasteiger partial charge in [0.25, 0.3) is 0 Å². The first-order valence-electron chi connectivity index (χ1n) is 6.27. The second kappa shape index (κ2) is 6.01. The summed E-state index contributed by atoms with van der Waals surface area (Å²) in [6.45, 7) is 6.12. The Morgan fingerprint density at radius 3 is 2.26 bits per heavy atom. The molecule has 0 bridgehead atoms. The third kappa shape index (κ3) is 5.25. The first kappa shape index (κ1) is 15.4. The topological polar surface area (TPSA) is 83.2 Å². The molecule has 7 nitrogen and oxygen atoms in total. The number of rotatable bonds is 6. The minimum Gasteiger partial charge on any atom is -0.368 e. The highest BCUT2D eigenvalue weighted by Gasteiger charge is 2.19. The summed E-state index contributed by atoms with van der Waals surface area (Å²) >= 11 is 0. The Kier molecular flexibility index (Phi) is 4.88. The first-order valence-corrected chi connectivity index (χ1v) is 6.27. The lowest BCUT2D eigenvalue weighted by atomic mass is 9.93. The lowest BCUT2D eigenvalue weighted by Crippen LogP contribution is -2.34. The minimum atomic E-state index is 0.114. The zero-order valence-electron chi connectivity index (χ0n) is 12.7. The molecule has 0 aliphatic carbocycles. The van der Waals surface area contributed by atoms with Crippen LogP contribution in [0.25, 0.3) is 0 Å². The highest BCUT2D eigenvalue weighted by atomic mass is 15.3. The summed E-state index contributed by atoms with van der Waals surface area (Å²) in [6, 6.07) is 0. The Balaban J connectivity index is 2.72. The largest absolute Gasteiger partial charge is 0.368 e. The van der Waals surface area contributed by atoms with E-state index in [4.69, 9.17) is 5.73 Å². The molecular weight excluding hydrogens is 242 g/mol. The van der Waals surface area contributed by atoms with Crippen LogP contribution in [0.5, 0.6) is 0 Å². The van der Waals surface area contributed by atoms with Crippen LogP contribution >= 0.6 is 0 Å². The number of hydrogen-bond acceptors (Lipinski definition) is 7. The average molecular weight is 267 g/mol. The summed E-state index contributed by atoms with van der Waals surface area (Å²) in [5.41, 5.74) is 5.79. The molecule has 0 aliphatic rings. The zero-order valence-corrected chi connectivity index (χ0v) is 12.7. The van der Waals surface area contributed by atoms with E-state index < -0.39 is 0 Å². The number of anilines is 3. The van der Waals surface area contributed by atoms with Crippen LogP contribution in [0, 0.1) is 5.41 Å². The smallest absolute Gasteiger partial charge is 0.231 e. The number of nitrogen functional groups attached to an aromatic ring is 1. The molecule has 0 fully saturated rings. The maximum absolute atomic E-state index is 5.68. The second-order valence-electron chi connectivity index (χ2n) is 5.97. The molecule has 108 valence electrons. The van der Waals surface area contributed by atoms with E-state index in [1.165, 1.54) is 0 Å². The van der Waals surface area contributed by atoms with Crippen LogP contribution in [0.2, 0.25) is 0 Å². The van der Waals surface area contributed by atoms with Gasteiger partial charge in [-0.2, -0.15) is 15.0 Å². The molecule has 7 heteroatoms. The van der Waals surface area contributed by atoms with Crippen molar-refractivity contribution in [3.05, 3.63) is 0 Å². The fraction of sp³-hybridized carbons (Fsp3) is 0.750. The molecule has 0 saturated heterocycles. The molecule has 3 N–H and O–H groups in total. The number of aromatic nitrogens is 3. The number of nitrogens with two attached hydrogens (primary N) is 1. The predicted molar refractivity (Wildman–Crippen MR) is 79.4 cm³/mol. The van der Waals surface area contributed by atoms with Crippen molar-refractivity contribution in [2.75, 3.05) is 57.2 Å². The standard InChI is InChI=1S/C12H25N7/c1-12(2,8-18(3)4)7-14-10-15-9(13)16-11(17-10)19(5)6/h7-8H2,1-6H3,(H3,13,14,15,16,17). The molecule has 0 aliphatic heterocycles. The van der Waals surface area contributed by atoms with Crippen molar-refractivity contribution in [3.8, 4) is 0 Å².